The normalized spacial score (nSPS) is 26.5. The fraction of sp³-hybridized carbons (Fsp3) is 0.536. The Labute approximate surface area is 197 Å². The topological polar surface area (TPSA) is 65.0 Å². The molecule has 0 saturated carbocycles. The number of carboxylic acids is 1. The van der Waals surface area contributed by atoms with Crippen molar-refractivity contribution in [2.24, 2.45) is 11.8 Å². The van der Waals surface area contributed by atoms with Gasteiger partial charge in [0.1, 0.15) is 17.1 Å². The van der Waals surface area contributed by atoms with Gasteiger partial charge in [-0.25, -0.2) is 0 Å². The molecule has 5 atom stereocenters. The van der Waals surface area contributed by atoms with Crippen molar-refractivity contribution >= 4 is 5.97 Å². The zero-order valence-electron chi connectivity index (χ0n) is 20.3. The highest BCUT2D eigenvalue weighted by molar-refractivity contribution is 5.71. The van der Waals surface area contributed by atoms with Gasteiger partial charge in [0, 0.05) is 11.5 Å². The van der Waals surface area contributed by atoms with Gasteiger partial charge in [0.25, 0.3) is 0 Å². The Morgan fingerprint density at radius 1 is 1.24 bits per heavy atom. The number of fused-ring (bicyclic) bond motifs is 3. The molecular weight excluding hydrogens is 416 g/mol. The molecule has 2 aliphatic heterocycles. The summed E-state index contributed by atoms with van der Waals surface area (Å²) in [6.07, 6.45) is 2.43. The first-order valence-corrected chi connectivity index (χ1v) is 12.1. The van der Waals surface area contributed by atoms with E-state index in [1.807, 2.05) is 18.2 Å². The smallest absolute Gasteiger partial charge is 0.309 e. The van der Waals surface area contributed by atoms with Crippen LogP contribution in [0, 0.1) is 11.8 Å². The Kier molecular flexibility index (Phi) is 6.71. The highest BCUT2D eigenvalue weighted by atomic mass is 16.5. The Morgan fingerprint density at radius 2 is 2.00 bits per heavy atom. The lowest BCUT2D eigenvalue weighted by atomic mass is 9.70. The maximum absolute atomic E-state index is 12.2. The number of ether oxygens (including phenoxy) is 3. The number of carbonyl (C=O) groups is 1. The van der Waals surface area contributed by atoms with E-state index in [0.29, 0.717) is 18.8 Å². The Morgan fingerprint density at radius 3 is 2.70 bits per heavy atom. The van der Waals surface area contributed by atoms with Crippen LogP contribution in [0.4, 0.5) is 0 Å². The first-order valence-electron chi connectivity index (χ1n) is 12.1. The van der Waals surface area contributed by atoms with Crippen LogP contribution in [0.15, 0.2) is 42.5 Å². The van der Waals surface area contributed by atoms with Crippen LogP contribution in [0.2, 0.25) is 0 Å². The molecule has 2 aromatic rings. The minimum Gasteiger partial charge on any atom is -0.497 e. The zero-order chi connectivity index (χ0) is 23.8. The van der Waals surface area contributed by atoms with E-state index in [1.54, 1.807) is 7.11 Å². The van der Waals surface area contributed by atoms with E-state index in [1.165, 1.54) is 5.56 Å². The number of aliphatic carboxylic acids is 1. The van der Waals surface area contributed by atoms with Crippen molar-refractivity contribution in [2.75, 3.05) is 7.11 Å². The van der Waals surface area contributed by atoms with E-state index in [4.69, 9.17) is 14.2 Å². The van der Waals surface area contributed by atoms with Crippen LogP contribution >= 0.6 is 0 Å². The quantitative estimate of drug-likeness (QED) is 0.545. The van der Waals surface area contributed by atoms with Gasteiger partial charge in [0.15, 0.2) is 0 Å². The van der Waals surface area contributed by atoms with Crippen LogP contribution in [0.1, 0.15) is 75.7 Å². The number of aryl methyl sites for hydroxylation is 1. The van der Waals surface area contributed by atoms with Gasteiger partial charge in [-0.3, -0.25) is 4.79 Å². The zero-order valence-corrected chi connectivity index (χ0v) is 20.3. The third-order valence-electron chi connectivity index (χ3n) is 7.60. The lowest BCUT2D eigenvalue weighted by Gasteiger charge is -2.51. The number of rotatable bonds is 7. The van der Waals surface area contributed by atoms with Crippen molar-refractivity contribution in [3.05, 3.63) is 59.2 Å². The van der Waals surface area contributed by atoms with Crippen molar-refractivity contribution in [2.45, 2.75) is 77.1 Å². The molecule has 0 amide bonds. The van der Waals surface area contributed by atoms with Crippen LogP contribution in [-0.4, -0.2) is 29.9 Å². The number of methoxy groups -OCH3 is 1. The second-order valence-corrected chi connectivity index (χ2v) is 10.1. The average Bonchev–Trinajstić information content (AvgIpc) is 2.81. The lowest BCUT2D eigenvalue weighted by Crippen LogP contribution is -2.52. The predicted octanol–water partition coefficient (Wildman–Crippen LogP) is 6.16. The number of benzene rings is 2. The number of hydrogen-bond acceptors (Lipinski definition) is 4. The molecule has 1 N–H and O–H groups in total. The maximum atomic E-state index is 12.2. The Balaban J connectivity index is 1.64. The summed E-state index contributed by atoms with van der Waals surface area (Å²) in [6, 6.07) is 14.3. The third kappa shape index (κ3) is 4.61. The summed E-state index contributed by atoms with van der Waals surface area (Å²) in [5, 5.41) is 10.1. The molecule has 5 heteroatoms. The van der Waals surface area contributed by atoms with E-state index in [-0.39, 0.29) is 18.1 Å². The molecule has 0 unspecified atom stereocenters. The van der Waals surface area contributed by atoms with Crippen molar-refractivity contribution in [1.82, 2.24) is 0 Å². The second kappa shape index (κ2) is 9.38. The summed E-state index contributed by atoms with van der Waals surface area (Å²) in [4.78, 5) is 12.2. The van der Waals surface area contributed by atoms with E-state index >= 15 is 0 Å². The first kappa shape index (κ1) is 23.6. The highest BCUT2D eigenvalue weighted by Gasteiger charge is 2.52. The summed E-state index contributed by atoms with van der Waals surface area (Å²) in [7, 11) is 1.65. The molecule has 0 spiro atoms. The standard InChI is InChI=1S/C28H36O5/c1-6-17(2)20-11-8-12-21-25(20)33-28(3,4)23-16-22(27(29)30)24(32-26(21)23)14-13-18-9-7-10-19(15-18)31-5/h7-12,15,17,22-24,26H,6,13-14,16H2,1-5H3,(H,29,30)/t17-,22-,23-,24-,26+/m0/s1. The number of para-hydroxylation sites is 1. The Bertz CT molecular complexity index is 998. The van der Waals surface area contributed by atoms with Crippen molar-refractivity contribution in [3.8, 4) is 11.5 Å². The van der Waals surface area contributed by atoms with E-state index in [2.05, 4.69) is 52.0 Å². The van der Waals surface area contributed by atoms with E-state index < -0.39 is 17.5 Å². The molecule has 178 valence electrons. The van der Waals surface area contributed by atoms with Crippen LogP contribution in [-0.2, 0) is 16.0 Å². The molecule has 2 aliphatic rings. The van der Waals surface area contributed by atoms with Crippen molar-refractivity contribution in [3.63, 3.8) is 0 Å². The summed E-state index contributed by atoms with van der Waals surface area (Å²) in [5.41, 5.74) is 2.88. The molecule has 0 aliphatic carbocycles. The molecule has 2 heterocycles. The van der Waals surface area contributed by atoms with Gasteiger partial charge in [-0.1, -0.05) is 44.2 Å². The van der Waals surface area contributed by atoms with Gasteiger partial charge >= 0.3 is 5.97 Å². The van der Waals surface area contributed by atoms with Crippen LogP contribution in [0.5, 0.6) is 11.5 Å². The predicted molar refractivity (Wildman–Crippen MR) is 128 cm³/mol. The minimum absolute atomic E-state index is 0.0219. The summed E-state index contributed by atoms with van der Waals surface area (Å²) < 4.78 is 18.6. The van der Waals surface area contributed by atoms with Gasteiger partial charge in [-0.15, -0.1) is 0 Å². The number of carboxylic acid groups (broad SMARTS) is 1. The Hall–Kier alpha value is -2.53. The van der Waals surface area contributed by atoms with Crippen molar-refractivity contribution in [1.29, 1.82) is 0 Å². The molecule has 0 aromatic heterocycles. The fourth-order valence-electron chi connectivity index (χ4n) is 5.39. The fourth-order valence-corrected chi connectivity index (χ4v) is 5.39. The van der Waals surface area contributed by atoms with Crippen LogP contribution < -0.4 is 9.47 Å². The maximum Gasteiger partial charge on any atom is 0.309 e. The van der Waals surface area contributed by atoms with Gasteiger partial charge in [-0.2, -0.15) is 0 Å². The third-order valence-corrected chi connectivity index (χ3v) is 7.60. The highest BCUT2D eigenvalue weighted by Crippen LogP contribution is 2.54. The van der Waals surface area contributed by atoms with E-state index in [9.17, 15) is 9.90 Å². The molecule has 1 fully saturated rings. The van der Waals surface area contributed by atoms with Crippen LogP contribution in [0.3, 0.4) is 0 Å². The number of hydrogen-bond donors (Lipinski definition) is 1. The molecule has 5 nitrogen and oxygen atoms in total. The molecule has 1 saturated heterocycles. The minimum atomic E-state index is -0.793. The lowest BCUT2D eigenvalue weighted by molar-refractivity contribution is -0.188. The molecule has 2 aromatic carbocycles. The van der Waals surface area contributed by atoms with Gasteiger partial charge in [-0.05, 0) is 68.7 Å². The van der Waals surface area contributed by atoms with Crippen molar-refractivity contribution < 1.29 is 24.1 Å². The van der Waals surface area contributed by atoms with Gasteiger partial charge < -0.3 is 19.3 Å². The first-order chi connectivity index (χ1) is 15.7. The second-order valence-electron chi connectivity index (χ2n) is 10.1. The molecule has 4 rings (SSSR count). The summed E-state index contributed by atoms with van der Waals surface area (Å²) in [5.74, 6) is 0.749. The SMILES string of the molecule is CC[C@H](C)c1cccc2c1OC(C)(C)[C@H]1C[C@H](C(=O)O)[C@H](CCc3cccc(OC)c3)O[C@H]21. The molecule has 0 radical (unpaired) electrons. The monoisotopic (exact) mass is 452 g/mol. The molecule has 0 bridgehead atoms. The summed E-state index contributed by atoms with van der Waals surface area (Å²) in [6.45, 7) is 8.54. The largest absolute Gasteiger partial charge is 0.497 e. The van der Waals surface area contributed by atoms with Gasteiger partial charge in [0.05, 0.1) is 25.2 Å². The molecule has 33 heavy (non-hydrogen) atoms. The summed E-state index contributed by atoms with van der Waals surface area (Å²) >= 11 is 0. The molecular formula is C28H36O5. The van der Waals surface area contributed by atoms with Crippen LogP contribution in [0.25, 0.3) is 0 Å². The van der Waals surface area contributed by atoms with Gasteiger partial charge in [0.2, 0.25) is 0 Å². The van der Waals surface area contributed by atoms with E-state index in [0.717, 1.165) is 35.5 Å². The average molecular weight is 453 g/mol.